The van der Waals surface area contributed by atoms with Gasteiger partial charge in [-0.25, -0.2) is 0 Å². The molecule has 2 heterocycles. The molecule has 0 aromatic heterocycles. The van der Waals surface area contributed by atoms with E-state index in [9.17, 15) is 9.59 Å². The van der Waals surface area contributed by atoms with Crippen molar-refractivity contribution in [3.63, 3.8) is 0 Å². The van der Waals surface area contributed by atoms with Crippen molar-refractivity contribution < 1.29 is 19.1 Å². The summed E-state index contributed by atoms with van der Waals surface area (Å²) in [5, 5.41) is 3.06. The number of ether oxygens (including phenoxy) is 2. The van der Waals surface area contributed by atoms with E-state index in [1.807, 2.05) is 0 Å². The van der Waals surface area contributed by atoms with E-state index in [2.05, 4.69) is 5.32 Å². The summed E-state index contributed by atoms with van der Waals surface area (Å²) < 4.78 is 10.9. The zero-order chi connectivity index (χ0) is 15.0. The Morgan fingerprint density at radius 3 is 2.95 bits per heavy atom. The zero-order valence-corrected chi connectivity index (χ0v) is 12.3. The minimum atomic E-state index is -0.502. The smallest absolute Gasteiger partial charge is 0.254 e. The summed E-state index contributed by atoms with van der Waals surface area (Å²) in [4.78, 5) is 25.8. The maximum Gasteiger partial charge on any atom is 0.254 e. The van der Waals surface area contributed by atoms with Crippen molar-refractivity contribution in [3.8, 4) is 11.5 Å². The van der Waals surface area contributed by atoms with Crippen molar-refractivity contribution >= 4 is 23.4 Å². The van der Waals surface area contributed by atoms with Gasteiger partial charge in [0, 0.05) is 18.7 Å². The lowest BCUT2D eigenvalue weighted by molar-refractivity contribution is -0.127. The van der Waals surface area contributed by atoms with Gasteiger partial charge in [-0.15, -0.1) is 0 Å². The van der Waals surface area contributed by atoms with Crippen LogP contribution in [0, 0.1) is 0 Å². The van der Waals surface area contributed by atoms with Crippen LogP contribution in [-0.4, -0.2) is 49.1 Å². The highest BCUT2D eigenvalue weighted by Crippen LogP contribution is 2.38. The van der Waals surface area contributed by atoms with E-state index >= 15 is 0 Å². The second-order valence-corrected chi connectivity index (χ2v) is 5.36. The number of nitrogens with zero attached hydrogens (tertiary/aromatic N) is 1. The molecule has 3 rings (SSSR count). The molecule has 1 aromatic rings. The highest BCUT2D eigenvalue weighted by atomic mass is 35.5. The first-order valence-electron chi connectivity index (χ1n) is 6.76. The molecule has 2 aliphatic rings. The van der Waals surface area contributed by atoms with Gasteiger partial charge in [-0.2, -0.15) is 0 Å². The lowest BCUT2D eigenvalue weighted by atomic mass is 10.1. The number of nitrogens with one attached hydrogen (secondary N) is 1. The van der Waals surface area contributed by atoms with Gasteiger partial charge in [0.25, 0.3) is 5.91 Å². The van der Waals surface area contributed by atoms with Crippen LogP contribution in [-0.2, 0) is 4.79 Å². The summed E-state index contributed by atoms with van der Waals surface area (Å²) in [5.41, 5.74) is 0.394. The number of halogens is 1. The molecule has 1 aromatic carbocycles. The van der Waals surface area contributed by atoms with Crippen LogP contribution in [0.2, 0.25) is 5.02 Å². The third-order valence-corrected chi connectivity index (χ3v) is 3.88. The summed E-state index contributed by atoms with van der Waals surface area (Å²) in [7, 11) is 0. The predicted molar refractivity (Wildman–Crippen MR) is 76.0 cm³/mol. The molecule has 7 heteroatoms. The molecule has 0 saturated carbocycles. The van der Waals surface area contributed by atoms with Gasteiger partial charge in [-0.1, -0.05) is 11.6 Å². The molecule has 0 aliphatic carbocycles. The number of benzene rings is 1. The molecule has 1 saturated heterocycles. The van der Waals surface area contributed by atoms with Crippen LogP contribution in [0.1, 0.15) is 17.3 Å². The third-order valence-electron chi connectivity index (χ3n) is 3.60. The SMILES string of the molecule is CC1C(=O)NCCN1C(=O)c1cc(Cl)c2c(c1)OCCO2. The molecular weight excluding hydrogens is 296 g/mol. The van der Waals surface area contributed by atoms with Crippen LogP contribution >= 0.6 is 11.6 Å². The quantitative estimate of drug-likeness (QED) is 0.842. The minimum Gasteiger partial charge on any atom is -0.486 e. The monoisotopic (exact) mass is 310 g/mol. The average Bonchev–Trinajstić information content (AvgIpc) is 2.49. The number of hydrogen-bond donors (Lipinski definition) is 1. The van der Waals surface area contributed by atoms with Crippen molar-refractivity contribution in [1.82, 2.24) is 10.2 Å². The normalized spacial score (nSPS) is 21.0. The van der Waals surface area contributed by atoms with Crippen molar-refractivity contribution in [3.05, 3.63) is 22.7 Å². The second kappa shape index (κ2) is 5.44. The summed E-state index contributed by atoms with van der Waals surface area (Å²) in [6.45, 7) is 3.48. The van der Waals surface area contributed by atoms with E-state index in [1.54, 1.807) is 19.1 Å². The standard InChI is InChI=1S/C14H15ClN2O4/c1-8-13(18)16-2-3-17(8)14(19)9-6-10(15)12-11(7-9)20-4-5-21-12/h6-8H,2-5H2,1H3,(H,16,18). The fraction of sp³-hybridized carbons (Fsp3) is 0.429. The van der Waals surface area contributed by atoms with Gasteiger partial charge in [0.2, 0.25) is 5.91 Å². The molecule has 112 valence electrons. The topological polar surface area (TPSA) is 67.9 Å². The Labute approximate surface area is 127 Å². The number of carbonyl (C=O) groups is 2. The molecular formula is C14H15ClN2O4. The first kappa shape index (κ1) is 14.0. The Morgan fingerprint density at radius 2 is 2.14 bits per heavy atom. The van der Waals surface area contributed by atoms with E-state index in [1.165, 1.54) is 4.90 Å². The van der Waals surface area contributed by atoms with Crippen molar-refractivity contribution in [1.29, 1.82) is 0 Å². The van der Waals surface area contributed by atoms with Gasteiger partial charge in [-0.3, -0.25) is 9.59 Å². The van der Waals surface area contributed by atoms with Gasteiger partial charge in [0.05, 0.1) is 5.02 Å². The van der Waals surface area contributed by atoms with Gasteiger partial charge in [-0.05, 0) is 19.1 Å². The number of fused-ring (bicyclic) bond motifs is 1. The van der Waals surface area contributed by atoms with E-state index in [0.29, 0.717) is 48.4 Å². The van der Waals surface area contributed by atoms with E-state index < -0.39 is 6.04 Å². The number of piperazine rings is 1. The Bertz CT molecular complexity index is 605. The molecule has 1 unspecified atom stereocenters. The van der Waals surface area contributed by atoms with Crippen LogP contribution in [0.3, 0.4) is 0 Å². The van der Waals surface area contributed by atoms with Gasteiger partial charge < -0.3 is 19.7 Å². The number of carbonyl (C=O) groups excluding carboxylic acids is 2. The molecule has 2 aliphatic heterocycles. The van der Waals surface area contributed by atoms with Crippen LogP contribution in [0.15, 0.2) is 12.1 Å². The fourth-order valence-electron chi connectivity index (χ4n) is 2.46. The fourth-order valence-corrected chi connectivity index (χ4v) is 2.73. The van der Waals surface area contributed by atoms with Crippen LogP contribution in [0.5, 0.6) is 11.5 Å². The molecule has 0 radical (unpaired) electrons. The van der Waals surface area contributed by atoms with Crippen LogP contribution in [0.25, 0.3) is 0 Å². The highest BCUT2D eigenvalue weighted by Gasteiger charge is 2.31. The molecule has 21 heavy (non-hydrogen) atoms. The van der Waals surface area contributed by atoms with E-state index in [0.717, 1.165) is 0 Å². The van der Waals surface area contributed by atoms with E-state index in [4.69, 9.17) is 21.1 Å². The Hall–Kier alpha value is -1.95. The minimum absolute atomic E-state index is 0.154. The van der Waals surface area contributed by atoms with E-state index in [-0.39, 0.29) is 11.8 Å². The molecule has 1 atom stereocenters. The molecule has 0 bridgehead atoms. The molecule has 6 nitrogen and oxygen atoms in total. The van der Waals surface area contributed by atoms with Crippen molar-refractivity contribution in [2.45, 2.75) is 13.0 Å². The first-order chi connectivity index (χ1) is 10.1. The average molecular weight is 311 g/mol. The van der Waals surface area contributed by atoms with Crippen LogP contribution < -0.4 is 14.8 Å². The molecule has 1 fully saturated rings. The van der Waals surface area contributed by atoms with Gasteiger partial charge in [0.1, 0.15) is 19.3 Å². The van der Waals surface area contributed by atoms with Crippen molar-refractivity contribution in [2.24, 2.45) is 0 Å². The Morgan fingerprint density at radius 1 is 1.38 bits per heavy atom. The highest BCUT2D eigenvalue weighted by molar-refractivity contribution is 6.32. The van der Waals surface area contributed by atoms with Gasteiger partial charge in [0.15, 0.2) is 11.5 Å². The zero-order valence-electron chi connectivity index (χ0n) is 11.5. The summed E-state index contributed by atoms with van der Waals surface area (Å²) in [5.74, 6) is 0.532. The van der Waals surface area contributed by atoms with Gasteiger partial charge >= 0.3 is 0 Å². The Kier molecular flexibility index (Phi) is 3.63. The molecule has 0 spiro atoms. The summed E-state index contributed by atoms with van der Waals surface area (Å²) >= 11 is 6.14. The summed E-state index contributed by atoms with van der Waals surface area (Å²) in [6, 6.07) is 2.66. The number of rotatable bonds is 1. The lowest BCUT2D eigenvalue weighted by Crippen LogP contribution is -2.55. The van der Waals surface area contributed by atoms with Crippen molar-refractivity contribution in [2.75, 3.05) is 26.3 Å². The second-order valence-electron chi connectivity index (χ2n) is 4.95. The first-order valence-corrected chi connectivity index (χ1v) is 7.13. The largest absolute Gasteiger partial charge is 0.486 e. The number of hydrogen-bond acceptors (Lipinski definition) is 4. The Balaban J connectivity index is 1.91. The molecule has 2 amide bonds. The number of amides is 2. The summed E-state index contributed by atoms with van der Waals surface area (Å²) in [6.07, 6.45) is 0. The predicted octanol–water partition coefficient (Wildman–Crippen LogP) is 1.07. The lowest BCUT2D eigenvalue weighted by Gasteiger charge is -2.33. The molecule has 1 N–H and O–H groups in total. The third kappa shape index (κ3) is 2.51. The van der Waals surface area contributed by atoms with Crippen LogP contribution in [0.4, 0.5) is 0 Å². The maximum absolute atomic E-state index is 12.6. The maximum atomic E-state index is 12.6.